The van der Waals surface area contributed by atoms with Crippen molar-refractivity contribution in [1.82, 2.24) is 15.1 Å². The summed E-state index contributed by atoms with van der Waals surface area (Å²) in [6.07, 6.45) is 1.34. The number of aromatic nitrogens is 2. The molecule has 0 aliphatic carbocycles. The summed E-state index contributed by atoms with van der Waals surface area (Å²) in [7, 11) is 1.70. The Kier molecular flexibility index (Phi) is 4.14. The fourth-order valence-electron chi connectivity index (χ4n) is 1.97. The molecular formula is C14H16FN3O2. The molecule has 106 valence electrons. The van der Waals surface area contributed by atoms with E-state index < -0.39 is 5.97 Å². The number of hydrogen-bond donors (Lipinski definition) is 2. The minimum absolute atomic E-state index is 0.0212. The molecule has 0 fully saturated rings. The first-order valence-electron chi connectivity index (χ1n) is 6.22. The Bertz CT molecular complexity index is 607. The average Bonchev–Trinajstić information content (AvgIpc) is 2.78. The minimum atomic E-state index is -0.996. The highest BCUT2D eigenvalue weighted by molar-refractivity contribution is 5.88. The van der Waals surface area contributed by atoms with E-state index in [1.807, 2.05) is 6.92 Å². The lowest BCUT2D eigenvalue weighted by Gasteiger charge is -2.14. The summed E-state index contributed by atoms with van der Waals surface area (Å²) in [5.74, 6) is -1.27. The normalized spacial score (nSPS) is 12.3. The Labute approximate surface area is 116 Å². The van der Waals surface area contributed by atoms with Gasteiger partial charge in [-0.1, -0.05) is 12.1 Å². The number of rotatable bonds is 5. The van der Waals surface area contributed by atoms with Gasteiger partial charge >= 0.3 is 5.97 Å². The summed E-state index contributed by atoms with van der Waals surface area (Å²) in [6, 6.07) is 6.19. The van der Waals surface area contributed by atoms with E-state index in [1.54, 1.807) is 19.2 Å². The van der Waals surface area contributed by atoms with E-state index in [4.69, 9.17) is 5.11 Å². The van der Waals surface area contributed by atoms with E-state index in [0.717, 1.165) is 5.56 Å². The maximum atomic E-state index is 12.9. The molecule has 1 heterocycles. The highest BCUT2D eigenvalue weighted by Gasteiger charge is 2.15. The number of hydrogen-bond acceptors (Lipinski definition) is 3. The van der Waals surface area contributed by atoms with Gasteiger partial charge < -0.3 is 10.4 Å². The fraction of sp³-hybridized carbons (Fsp3) is 0.286. The van der Waals surface area contributed by atoms with Crippen molar-refractivity contribution in [3.8, 4) is 0 Å². The van der Waals surface area contributed by atoms with E-state index in [0.29, 0.717) is 12.2 Å². The van der Waals surface area contributed by atoms with Gasteiger partial charge in [0.05, 0.1) is 11.9 Å². The number of halogens is 1. The smallest absolute Gasteiger partial charge is 0.339 e. The molecule has 0 saturated heterocycles. The Hall–Kier alpha value is -2.21. The molecule has 6 heteroatoms. The molecule has 0 aliphatic heterocycles. The predicted octanol–water partition coefficient (Wildman–Crippen LogP) is 2.11. The lowest BCUT2D eigenvalue weighted by atomic mass is 10.1. The number of carbonyl (C=O) groups is 1. The fourth-order valence-corrected chi connectivity index (χ4v) is 1.97. The summed E-state index contributed by atoms with van der Waals surface area (Å²) < 4.78 is 14.4. The molecule has 2 aromatic rings. The molecular weight excluding hydrogens is 261 g/mol. The van der Waals surface area contributed by atoms with Crippen LogP contribution in [0.2, 0.25) is 0 Å². The van der Waals surface area contributed by atoms with Crippen LogP contribution in [-0.2, 0) is 13.6 Å². The van der Waals surface area contributed by atoms with Gasteiger partial charge in [-0.25, -0.2) is 9.18 Å². The summed E-state index contributed by atoms with van der Waals surface area (Å²) in [6.45, 7) is 2.31. The van der Waals surface area contributed by atoms with Gasteiger partial charge in [0, 0.05) is 19.6 Å². The van der Waals surface area contributed by atoms with Crippen molar-refractivity contribution in [3.05, 3.63) is 53.1 Å². The molecule has 0 spiro atoms. The Morgan fingerprint density at radius 3 is 2.70 bits per heavy atom. The number of aryl methyl sites for hydroxylation is 1. The molecule has 20 heavy (non-hydrogen) atoms. The van der Waals surface area contributed by atoms with Crippen molar-refractivity contribution < 1.29 is 14.3 Å². The van der Waals surface area contributed by atoms with Gasteiger partial charge in [-0.3, -0.25) is 4.68 Å². The maximum Gasteiger partial charge on any atom is 0.339 e. The summed E-state index contributed by atoms with van der Waals surface area (Å²) in [5, 5.41) is 16.2. The van der Waals surface area contributed by atoms with Crippen LogP contribution in [0.25, 0.3) is 0 Å². The number of carboxylic acids is 1. The van der Waals surface area contributed by atoms with Crippen LogP contribution in [0.4, 0.5) is 4.39 Å². The van der Waals surface area contributed by atoms with Crippen LogP contribution < -0.4 is 5.32 Å². The molecule has 2 rings (SSSR count). The van der Waals surface area contributed by atoms with Gasteiger partial charge in [-0.05, 0) is 24.6 Å². The van der Waals surface area contributed by atoms with E-state index in [-0.39, 0.29) is 17.4 Å². The molecule has 0 bridgehead atoms. The van der Waals surface area contributed by atoms with Gasteiger partial charge in [0.25, 0.3) is 0 Å². The van der Waals surface area contributed by atoms with Crippen molar-refractivity contribution in [2.45, 2.75) is 19.5 Å². The zero-order valence-corrected chi connectivity index (χ0v) is 11.3. The second-order valence-electron chi connectivity index (χ2n) is 4.59. The topological polar surface area (TPSA) is 67.2 Å². The number of nitrogens with one attached hydrogen (secondary N) is 1. The van der Waals surface area contributed by atoms with Crippen LogP contribution in [0.5, 0.6) is 0 Å². The quantitative estimate of drug-likeness (QED) is 0.878. The molecule has 0 unspecified atom stereocenters. The van der Waals surface area contributed by atoms with Crippen LogP contribution in [-0.4, -0.2) is 20.9 Å². The number of carboxylic acid groups (broad SMARTS) is 1. The van der Waals surface area contributed by atoms with Gasteiger partial charge in [-0.15, -0.1) is 0 Å². The Morgan fingerprint density at radius 1 is 1.45 bits per heavy atom. The van der Waals surface area contributed by atoms with Gasteiger partial charge in [0.2, 0.25) is 0 Å². The zero-order chi connectivity index (χ0) is 14.7. The highest BCUT2D eigenvalue weighted by atomic mass is 19.1. The Morgan fingerprint density at radius 2 is 2.10 bits per heavy atom. The second kappa shape index (κ2) is 5.83. The predicted molar refractivity (Wildman–Crippen MR) is 71.8 cm³/mol. The molecule has 2 N–H and O–H groups in total. The molecule has 1 aromatic heterocycles. The maximum absolute atomic E-state index is 12.9. The van der Waals surface area contributed by atoms with E-state index in [1.165, 1.54) is 23.0 Å². The zero-order valence-electron chi connectivity index (χ0n) is 11.3. The van der Waals surface area contributed by atoms with Gasteiger partial charge in [0.15, 0.2) is 0 Å². The third kappa shape index (κ3) is 3.03. The molecule has 0 amide bonds. The largest absolute Gasteiger partial charge is 0.478 e. The first-order valence-corrected chi connectivity index (χ1v) is 6.22. The van der Waals surface area contributed by atoms with Gasteiger partial charge in [0.1, 0.15) is 11.4 Å². The van der Waals surface area contributed by atoms with Crippen LogP contribution >= 0.6 is 0 Å². The van der Waals surface area contributed by atoms with Crippen molar-refractivity contribution in [2.75, 3.05) is 0 Å². The number of nitrogens with zero attached hydrogens (tertiary/aromatic N) is 2. The number of benzene rings is 1. The Balaban J connectivity index is 2.07. The van der Waals surface area contributed by atoms with Crippen LogP contribution in [0.15, 0.2) is 30.5 Å². The monoisotopic (exact) mass is 277 g/mol. The van der Waals surface area contributed by atoms with Crippen molar-refractivity contribution in [3.63, 3.8) is 0 Å². The van der Waals surface area contributed by atoms with E-state index in [2.05, 4.69) is 10.4 Å². The average molecular weight is 277 g/mol. The van der Waals surface area contributed by atoms with Crippen LogP contribution in [0.1, 0.15) is 34.6 Å². The summed E-state index contributed by atoms with van der Waals surface area (Å²) >= 11 is 0. The van der Waals surface area contributed by atoms with Gasteiger partial charge in [-0.2, -0.15) is 5.10 Å². The molecule has 0 aliphatic rings. The van der Waals surface area contributed by atoms with Crippen molar-refractivity contribution in [2.24, 2.45) is 7.05 Å². The first-order chi connectivity index (χ1) is 9.49. The lowest BCUT2D eigenvalue weighted by molar-refractivity contribution is 0.0695. The third-order valence-corrected chi connectivity index (χ3v) is 3.24. The van der Waals surface area contributed by atoms with E-state index >= 15 is 0 Å². The summed E-state index contributed by atoms with van der Waals surface area (Å²) in [5.41, 5.74) is 1.73. The van der Waals surface area contributed by atoms with Crippen molar-refractivity contribution in [1.29, 1.82) is 0 Å². The number of aromatic carboxylic acids is 1. The standard InChI is InChI=1S/C14H16FN3O2/c1-9(10-3-5-11(15)6-4-10)16-8-13-12(14(19)20)7-17-18(13)2/h3-7,9,16H,8H2,1-2H3,(H,19,20)/t9-/m1/s1. The summed E-state index contributed by atoms with van der Waals surface area (Å²) in [4.78, 5) is 11.1. The van der Waals surface area contributed by atoms with E-state index in [9.17, 15) is 9.18 Å². The second-order valence-corrected chi connectivity index (χ2v) is 4.59. The molecule has 5 nitrogen and oxygen atoms in total. The molecule has 0 saturated carbocycles. The molecule has 0 radical (unpaired) electrons. The molecule has 1 aromatic carbocycles. The van der Waals surface area contributed by atoms with Crippen molar-refractivity contribution >= 4 is 5.97 Å². The van der Waals surface area contributed by atoms with Crippen LogP contribution in [0.3, 0.4) is 0 Å². The minimum Gasteiger partial charge on any atom is -0.478 e. The third-order valence-electron chi connectivity index (χ3n) is 3.24. The van der Waals surface area contributed by atoms with Crippen LogP contribution in [0, 0.1) is 5.82 Å². The molecule has 1 atom stereocenters. The highest BCUT2D eigenvalue weighted by Crippen LogP contribution is 2.15. The first kappa shape index (κ1) is 14.2. The SMILES string of the molecule is C[C@@H](NCc1c(C(=O)O)cnn1C)c1ccc(F)cc1. The lowest BCUT2D eigenvalue weighted by Crippen LogP contribution is -2.21.